The maximum absolute atomic E-state index is 12.6. The van der Waals surface area contributed by atoms with Crippen LogP contribution in [0, 0.1) is 0 Å². The highest BCUT2D eigenvalue weighted by atomic mass is 35.5. The summed E-state index contributed by atoms with van der Waals surface area (Å²) in [5.74, 6) is 1.20. The Labute approximate surface area is 169 Å². The van der Waals surface area contributed by atoms with Gasteiger partial charge in [0.2, 0.25) is 5.91 Å². The van der Waals surface area contributed by atoms with Gasteiger partial charge in [-0.05, 0) is 35.9 Å². The number of halogens is 1. The molecule has 2 amide bonds. The van der Waals surface area contributed by atoms with Gasteiger partial charge in [-0.25, -0.2) is 0 Å². The summed E-state index contributed by atoms with van der Waals surface area (Å²) in [4.78, 5) is 28.8. The molecule has 2 aromatic rings. The standard InChI is InChI=1S/C21H23ClN2O4/c1-27-18-7-6-15(12-19(18)28-2)13-20(25)23-8-10-24(11-9-23)21(26)16-4-3-5-17(22)14-16/h3-7,12,14H,8-11,13H2,1-2H3. The molecule has 6 nitrogen and oxygen atoms in total. The van der Waals surface area contributed by atoms with E-state index < -0.39 is 0 Å². The molecule has 0 atom stereocenters. The second kappa shape index (κ2) is 8.97. The van der Waals surface area contributed by atoms with E-state index in [-0.39, 0.29) is 18.2 Å². The molecule has 0 N–H and O–H groups in total. The van der Waals surface area contributed by atoms with Crippen molar-refractivity contribution in [1.82, 2.24) is 9.80 Å². The fraction of sp³-hybridized carbons (Fsp3) is 0.333. The number of methoxy groups -OCH3 is 2. The van der Waals surface area contributed by atoms with Crippen molar-refractivity contribution < 1.29 is 19.1 Å². The van der Waals surface area contributed by atoms with Gasteiger partial charge in [0.05, 0.1) is 20.6 Å². The lowest BCUT2D eigenvalue weighted by Crippen LogP contribution is -2.51. The van der Waals surface area contributed by atoms with E-state index in [1.807, 2.05) is 12.1 Å². The van der Waals surface area contributed by atoms with E-state index in [1.165, 1.54) is 0 Å². The first-order chi connectivity index (χ1) is 13.5. The number of piperazine rings is 1. The molecular weight excluding hydrogens is 380 g/mol. The molecule has 28 heavy (non-hydrogen) atoms. The van der Waals surface area contributed by atoms with E-state index in [0.717, 1.165) is 5.56 Å². The average Bonchev–Trinajstić information content (AvgIpc) is 2.73. The first-order valence-electron chi connectivity index (χ1n) is 9.05. The second-order valence-electron chi connectivity index (χ2n) is 6.55. The number of amides is 2. The van der Waals surface area contributed by atoms with Gasteiger partial charge >= 0.3 is 0 Å². The molecule has 1 fully saturated rings. The molecule has 0 radical (unpaired) electrons. The number of benzene rings is 2. The molecule has 1 aliphatic heterocycles. The van der Waals surface area contributed by atoms with Crippen LogP contribution < -0.4 is 9.47 Å². The Kier molecular flexibility index (Phi) is 6.41. The third kappa shape index (κ3) is 4.57. The van der Waals surface area contributed by atoms with Crippen LogP contribution in [0.5, 0.6) is 11.5 Å². The van der Waals surface area contributed by atoms with Gasteiger partial charge in [0.1, 0.15) is 0 Å². The maximum Gasteiger partial charge on any atom is 0.254 e. The summed E-state index contributed by atoms with van der Waals surface area (Å²) < 4.78 is 10.5. The van der Waals surface area contributed by atoms with Crippen molar-refractivity contribution in [2.75, 3.05) is 40.4 Å². The zero-order valence-electron chi connectivity index (χ0n) is 16.0. The van der Waals surface area contributed by atoms with Gasteiger partial charge in [-0.15, -0.1) is 0 Å². The maximum atomic E-state index is 12.6. The van der Waals surface area contributed by atoms with Crippen LogP contribution in [0.25, 0.3) is 0 Å². The Balaban J connectivity index is 1.57. The molecule has 2 aromatic carbocycles. The third-order valence-corrected chi connectivity index (χ3v) is 5.03. The number of hydrogen-bond acceptors (Lipinski definition) is 4. The first kappa shape index (κ1) is 20.0. The number of hydrogen-bond donors (Lipinski definition) is 0. The van der Waals surface area contributed by atoms with Crippen LogP contribution in [-0.4, -0.2) is 62.0 Å². The highest BCUT2D eigenvalue weighted by Gasteiger charge is 2.25. The summed E-state index contributed by atoms with van der Waals surface area (Å²) in [6, 6.07) is 12.4. The lowest BCUT2D eigenvalue weighted by molar-refractivity contribution is -0.131. The molecular formula is C21H23ClN2O4. The molecule has 7 heteroatoms. The minimum Gasteiger partial charge on any atom is -0.493 e. The van der Waals surface area contributed by atoms with E-state index in [4.69, 9.17) is 21.1 Å². The summed E-state index contributed by atoms with van der Waals surface area (Å²) in [7, 11) is 3.15. The lowest BCUT2D eigenvalue weighted by Gasteiger charge is -2.35. The predicted octanol–water partition coefficient (Wildman–Crippen LogP) is 2.88. The number of ether oxygens (including phenoxy) is 2. The summed E-state index contributed by atoms with van der Waals surface area (Å²) in [6.07, 6.45) is 0.280. The summed E-state index contributed by atoms with van der Waals surface area (Å²) >= 11 is 5.97. The average molecular weight is 403 g/mol. The number of rotatable bonds is 5. The van der Waals surface area contributed by atoms with Crippen molar-refractivity contribution in [2.45, 2.75) is 6.42 Å². The lowest BCUT2D eigenvalue weighted by atomic mass is 10.1. The van der Waals surface area contributed by atoms with Gasteiger partial charge in [-0.3, -0.25) is 9.59 Å². The number of carbonyl (C=O) groups excluding carboxylic acids is 2. The molecule has 1 saturated heterocycles. The molecule has 148 valence electrons. The summed E-state index contributed by atoms with van der Waals surface area (Å²) in [5, 5.41) is 0.537. The van der Waals surface area contributed by atoms with Crippen molar-refractivity contribution in [2.24, 2.45) is 0 Å². The van der Waals surface area contributed by atoms with Crippen molar-refractivity contribution >= 4 is 23.4 Å². The fourth-order valence-corrected chi connectivity index (χ4v) is 3.43. The Bertz CT molecular complexity index is 863. The molecule has 0 bridgehead atoms. The molecule has 1 aliphatic rings. The van der Waals surface area contributed by atoms with Gasteiger partial charge in [0.25, 0.3) is 5.91 Å². The Morgan fingerprint density at radius 3 is 2.25 bits per heavy atom. The van der Waals surface area contributed by atoms with Crippen LogP contribution in [0.4, 0.5) is 0 Å². The predicted molar refractivity (Wildman–Crippen MR) is 107 cm³/mol. The minimum atomic E-state index is -0.0607. The molecule has 3 rings (SSSR count). The van der Waals surface area contributed by atoms with Gasteiger partial charge in [0.15, 0.2) is 11.5 Å². The normalized spacial score (nSPS) is 14.0. The van der Waals surface area contributed by atoms with Crippen molar-refractivity contribution in [3.63, 3.8) is 0 Å². The molecule has 0 spiro atoms. The monoisotopic (exact) mass is 402 g/mol. The van der Waals surface area contributed by atoms with E-state index in [9.17, 15) is 9.59 Å². The third-order valence-electron chi connectivity index (χ3n) is 4.79. The largest absolute Gasteiger partial charge is 0.493 e. The molecule has 1 heterocycles. The number of carbonyl (C=O) groups is 2. The zero-order chi connectivity index (χ0) is 20.1. The highest BCUT2D eigenvalue weighted by Crippen LogP contribution is 2.28. The van der Waals surface area contributed by atoms with Crippen molar-refractivity contribution in [3.8, 4) is 11.5 Å². The van der Waals surface area contributed by atoms with Crippen LogP contribution in [0.15, 0.2) is 42.5 Å². The quantitative estimate of drug-likeness (QED) is 0.771. The smallest absolute Gasteiger partial charge is 0.254 e. The van der Waals surface area contributed by atoms with Crippen molar-refractivity contribution in [3.05, 3.63) is 58.6 Å². The van der Waals surface area contributed by atoms with E-state index in [0.29, 0.717) is 48.3 Å². The zero-order valence-corrected chi connectivity index (χ0v) is 16.7. The van der Waals surface area contributed by atoms with Gasteiger partial charge in [-0.1, -0.05) is 23.7 Å². The molecule has 0 aromatic heterocycles. The van der Waals surface area contributed by atoms with Crippen LogP contribution in [0.2, 0.25) is 5.02 Å². The summed E-state index contributed by atoms with van der Waals surface area (Å²) in [5.41, 5.74) is 1.43. The van der Waals surface area contributed by atoms with E-state index in [2.05, 4.69) is 0 Å². The SMILES string of the molecule is COc1ccc(CC(=O)N2CCN(C(=O)c3cccc(Cl)c3)CC2)cc1OC. The second-order valence-corrected chi connectivity index (χ2v) is 6.99. The molecule has 0 unspecified atom stereocenters. The minimum absolute atomic E-state index is 0.0297. The van der Waals surface area contributed by atoms with Gasteiger partial charge in [-0.2, -0.15) is 0 Å². The van der Waals surface area contributed by atoms with E-state index >= 15 is 0 Å². The van der Waals surface area contributed by atoms with Crippen LogP contribution >= 0.6 is 11.6 Å². The fourth-order valence-electron chi connectivity index (χ4n) is 3.24. The Morgan fingerprint density at radius 2 is 1.61 bits per heavy atom. The summed E-state index contributed by atoms with van der Waals surface area (Å²) in [6.45, 7) is 2.03. The topological polar surface area (TPSA) is 59.1 Å². The Hall–Kier alpha value is -2.73. The number of nitrogens with zero attached hydrogens (tertiary/aromatic N) is 2. The van der Waals surface area contributed by atoms with E-state index in [1.54, 1.807) is 54.4 Å². The van der Waals surface area contributed by atoms with Gasteiger partial charge < -0.3 is 19.3 Å². The molecule has 0 saturated carbocycles. The van der Waals surface area contributed by atoms with Gasteiger partial charge in [0, 0.05) is 36.8 Å². The Morgan fingerprint density at radius 1 is 0.929 bits per heavy atom. The highest BCUT2D eigenvalue weighted by molar-refractivity contribution is 6.30. The molecule has 0 aliphatic carbocycles. The first-order valence-corrected chi connectivity index (χ1v) is 9.43. The van der Waals surface area contributed by atoms with Crippen LogP contribution in [0.3, 0.4) is 0 Å². The van der Waals surface area contributed by atoms with Crippen LogP contribution in [0.1, 0.15) is 15.9 Å². The van der Waals surface area contributed by atoms with Crippen LogP contribution in [-0.2, 0) is 11.2 Å². The van der Waals surface area contributed by atoms with Crippen molar-refractivity contribution in [1.29, 1.82) is 0 Å².